The number of benzene rings is 2. The van der Waals surface area contributed by atoms with E-state index in [1.165, 1.54) is 6.07 Å². The number of rotatable bonds is 3. The number of aromatic hydroxyl groups is 1. The predicted molar refractivity (Wildman–Crippen MR) is 71.0 cm³/mol. The molecule has 2 rings (SSSR count). The van der Waals surface area contributed by atoms with E-state index >= 15 is 0 Å². The number of nitrogens with zero attached hydrogens (tertiary/aromatic N) is 1. The average molecular weight is 246 g/mol. The molecule has 0 unspecified atom stereocenters. The van der Waals surface area contributed by atoms with Gasteiger partial charge in [0.25, 0.3) is 0 Å². The maximum Gasteiger partial charge on any atom is 0.151 e. The van der Waals surface area contributed by atoms with Crippen molar-refractivity contribution in [2.45, 2.75) is 6.54 Å². The van der Waals surface area contributed by atoms with Gasteiger partial charge in [-0.3, -0.25) is 0 Å². The SMILES string of the molecule is CN(Cc1cccc(N)c1F)c1cccc(O)c1. The van der Waals surface area contributed by atoms with E-state index in [2.05, 4.69) is 0 Å². The molecule has 0 saturated carbocycles. The van der Waals surface area contributed by atoms with Crippen LogP contribution in [0.5, 0.6) is 5.75 Å². The fourth-order valence-electron chi connectivity index (χ4n) is 1.80. The third-order valence-corrected chi connectivity index (χ3v) is 2.79. The average Bonchev–Trinajstić information content (AvgIpc) is 2.35. The standard InChI is InChI=1S/C14H15FN2O/c1-17(11-5-3-6-12(18)8-11)9-10-4-2-7-13(16)14(10)15/h2-8,18H,9,16H2,1H3. The maximum absolute atomic E-state index is 13.8. The maximum atomic E-state index is 13.8. The summed E-state index contributed by atoms with van der Waals surface area (Å²) < 4.78 is 13.8. The highest BCUT2D eigenvalue weighted by Gasteiger charge is 2.09. The Balaban J connectivity index is 2.21. The summed E-state index contributed by atoms with van der Waals surface area (Å²) in [7, 11) is 1.83. The Labute approximate surface area is 105 Å². The van der Waals surface area contributed by atoms with Crippen LogP contribution in [0.3, 0.4) is 0 Å². The summed E-state index contributed by atoms with van der Waals surface area (Å²) in [6.45, 7) is 0.389. The molecule has 0 radical (unpaired) electrons. The zero-order chi connectivity index (χ0) is 13.1. The smallest absolute Gasteiger partial charge is 0.151 e. The lowest BCUT2D eigenvalue weighted by atomic mass is 10.1. The molecule has 3 nitrogen and oxygen atoms in total. The van der Waals surface area contributed by atoms with Crippen molar-refractivity contribution in [1.82, 2.24) is 0 Å². The lowest BCUT2D eigenvalue weighted by Gasteiger charge is -2.20. The third kappa shape index (κ3) is 2.53. The fraction of sp³-hybridized carbons (Fsp3) is 0.143. The molecule has 0 spiro atoms. The van der Waals surface area contributed by atoms with Crippen molar-refractivity contribution in [2.75, 3.05) is 17.7 Å². The predicted octanol–water partition coefficient (Wildman–Crippen LogP) is 2.75. The molecule has 0 amide bonds. The lowest BCUT2D eigenvalue weighted by Crippen LogP contribution is -2.17. The first-order valence-electron chi connectivity index (χ1n) is 5.61. The Morgan fingerprint density at radius 1 is 1.22 bits per heavy atom. The summed E-state index contributed by atoms with van der Waals surface area (Å²) >= 11 is 0. The van der Waals surface area contributed by atoms with Crippen molar-refractivity contribution < 1.29 is 9.50 Å². The summed E-state index contributed by atoms with van der Waals surface area (Å²) in [5.74, 6) is -0.197. The normalized spacial score (nSPS) is 10.3. The number of nitrogens with two attached hydrogens (primary N) is 1. The highest BCUT2D eigenvalue weighted by molar-refractivity contribution is 5.51. The molecule has 0 atom stereocenters. The van der Waals surface area contributed by atoms with E-state index in [1.807, 2.05) is 18.0 Å². The van der Waals surface area contributed by atoms with Gasteiger partial charge in [-0.05, 0) is 18.2 Å². The van der Waals surface area contributed by atoms with Crippen LogP contribution >= 0.6 is 0 Å². The molecule has 3 N–H and O–H groups in total. The molecule has 0 aromatic heterocycles. The molecule has 0 bridgehead atoms. The Hall–Kier alpha value is -2.23. The van der Waals surface area contributed by atoms with Gasteiger partial charge in [0.2, 0.25) is 0 Å². The Morgan fingerprint density at radius 2 is 1.94 bits per heavy atom. The molecule has 18 heavy (non-hydrogen) atoms. The van der Waals surface area contributed by atoms with E-state index in [4.69, 9.17) is 5.73 Å². The Kier molecular flexibility index (Phi) is 3.37. The summed E-state index contributed by atoms with van der Waals surface area (Å²) in [5, 5.41) is 9.41. The van der Waals surface area contributed by atoms with E-state index in [-0.39, 0.29) is 17.3 Å². The third-order valence-electron chi connectivity index (χ3n) is 2.79. The van der Waals surface area contributed by atoms with Gasteiger partial charge in [-0.15, -0.1) is 0 Å². The largest absolute Gasteiger partial charge is 0.508 e. The Morgan fingerprint density at radius 3 is 2.67 bits per heavy atom. The molecule has 94 valence electrons. The molecule has 0 fully saturated rings. The van der Waals surface area contributed by atoms with Crippen molar-refractivity contribution in [3.8, 4) is 5.75 Å². The first-order valence-corrected chi connectivity index (χ1v) is 5.61. The first-order chi connectivity index (χ1) is 8.58. The quantitative estimate of drug-likeness (QED) is 0.819. The van der Waals surface area contributed by atoms with Crippen LogP contribution in [0.1, 0.15) is 5.56 Å². The zero-order valence-corrected chi connectivity index (χ0v) is 10.1. The van der Waals surface area contributed by atoms with E-state index in [9.17, 15) is 9.50 Å². The lowest BCUT2D eigenvalue weighted by molar-refractivity contribution is 0.475. The molecule has 0 aliphatic heterocycles. The van der Waals surface area contributed by atoms with Crippen LogP contribution in [-0.4, -0.2) is 12.2 Å². The minimum absolute atomic E-state index is 0.150. The van der Waals surface area contributed by atoms with Gasteiger partial charge >= 0.3 is 0 Å². The van der Waals surface area contributed by atoms with Crippen molar-refractivity contribution in [1.29, 1.82) is 0 Å². The second kappa shape index (κ2) is 4.96. The monoisotopic (exact) mass is 246 g/mol. The van der Waals surface area contributed by atoms with Crippen LogP contribution in [0.25, 0.3) is 0 Å². The summed E-state index contributed by atoms with van der Waals surface area (Å²) in [5.41, 5.74) is 7.02. The molecule has 0 saturated heterocycles. The fourth-order valence-corrected chi connectivity index (χ4v) is 1.80. The number of phenols is 1. The van der Waals surface area contributed by atoms with Crippen molar-refractivity contribution in [2.24, 2.45) is 0 Å². The molecule has 0 heterocycles. The van der Waals surface area contributed by atoms with Gasteiger partial charge in [0.1, 0.15) is 5.75 Å². The van der Waals surface area contributed by atoms with Gasteiger partial charge in [0.15, 0.2) is 5.82 Å². The van der Waals surface area contributed by atoms with Gasteiger partial charge < -0.3 is 15.7 Å². The molecular formula is C14H15FN2O. The topological polar surface area (TPSA) is 49.5 Å². The summed E-state index contributed by atoms with van der Waals surface area (Å²) in [6.07, 6.45) is 0. The molecule has 4 heteroatoms. The van der Waals surface area contributed by atoms with E-state index in [0.29, 0.717) is 12.1 Å². The van der Waals surface area contributed by atoms with Gasteiger partial charge in [-0.2, -0.15) is 0 Å². The van der Waals surface area contributed by atoms with Crippen LogP contribution in [0.2, 0.25) is 0 Å². The van der Waals surface area contributed by atoms with Crippen molar-refractivity contribution in [3.05, 3.63) is 53.8 Å². The second-order valence-electron chi connectivity index (χ2n) is 4.20. The number of hydrogen-bond acceptors (Lipinski definition) is 3. The van der Waals surface area contributed by atoms with Gasteiger partial charge in [-0.25, -0.2) is 4.39 Å². The number of hydrogen-bond donors (Lipinski definition) is 2. The van der Waals surface area contributed by atoms with Crippen LogP contribution in [0.4, 0.5) is 15.8 Å². The van der Waals surface area contributed by atoms with Crippen LogP contribution in [0.15, 0.2) is 42.5 Å². The number of anilines is 2. The highest BCUT2D eigenvalue weighted by Crippen LogP contribution is 2.22. The summed E-state index contributed by atoms with van der Waals surface area (Å²) in [4.78, 5) is 1.84. The minimum Gasteiger partial charge on any atom is -0.508 e. The number of phenolic OH excluding ortho intramolecular Hbond substituents is 1. The summed E-state index contributed by atoms with van der Waals surface area (Å²) in [6, 6.07) is 11.8. The molecule has 2 aromatic carbocycles. The van der Waals surface area contributed by atoms with E-state index < -0.39 is 0 Å². The van der Waals surface area contributed by atoms with Crippen molar-refractivity contribution >= 4 is 11.4 Å². The Bertz CT molecular complexity index is 557. The van der Waals surface area contributed by atoms with E-state index in [0.717, 1.165) is 5.69 Å². The van der Waals surface area contributed by atoms with Crippen LogP contribution < -0.4 is 10.6 Å². The highest BCUT2D eigenvalue weighted by atomic mass is 19.1. The van der Waals surface area contributed by atoms with Gasteiger partial charge in [0, 0.05) is 30.9 Å². The van der Waals surface area contributed by atoms with Crippen molar-refractivity contribution in [3.63, 3.8) is 0 Å². The van der Waals surface area contributed by atoms with Gasteiger partial charge in [-0.1, -0.05) is 18.2 Å². The zero-order valence-electron chi connectivity index (χ0n) is 10.1. The molecular weight excluding hydrogens is 231 g/mol. The van der Waals surface area contributed by atoms with E-state index in [1.54, 1.807) is 30.3 Å². The number of halogens is 1. The first kappa shape index (κ1) is 12.2. The molecule has 2 aromatic rings. The molecule has 0 aliphatic rings. The minimum atomic E-state index is -0.385. The second-order valence-corrected chi connectivity index (χ2v) is 4.20. The van der Waals surface area contributed by atoms with Crippen LogP contribution in [-0.2, 0) is 6.54 Å². The molecule has 0 aliphatic carbocycles. The van der Waals surface area contributed by atoms with Gasteiger partial charge in [0.05, 0.1) is 5.69 Å². The van der Waals surface area contributed by atoms with Crippen LogP contribution in [0, 0.1) is 5.82 Å². The number of nitrogen functional groups attached to an aromatic ring is 1.